The Bertz CT molecular complexity index is 133. The third kappa shape index (κ3) is 3.52. The van der Waals surface area contributed by atoms with Crippen LogP contribution in [-0.2, 0) is 9.59 Å². The van der Waals surface area contributed by atoms with Crippen molar-refractivity contribution in [2.45, 2.75) is 13.8 Å². The molecule has 0 aliphatic carbocycles. The number of amides is 2. The zero-order chi connectivity index (χ0) is 7.44. The molecule has 4 nitrogen and oxygen atoms in total. The molecular formula is C5H9N2O2. The molecule has 0 fully saturated rings. The second kappa shape index (κ2) is 3.06. The molecule has 0 saturated heterocycles. The van der Waals surface area contributed by atoms with Gasteiger partial charge in [-0.3, -0.25) is 9.59 Å². The fourth-order valence-corrected chi connectivity index (χ4v) is 0.282. The zero-order valence-electron chi connectivity index (χ0n) is 5.71. The van der Waals surface area contributed by atoms with Crippen LogP contribution in [0.5, 0.6) is 0 Å². The van der Waals surface area contributed by atoms with Crippen molar-refractivity contribution in [1.82, 2.24) is 10.4 Å². The normalized spacial score (nSPS) is 8.33. The molecular weight excluding hydrogens is 120 g/mol. The molecule has 0 saturated carbocycles. The average Bonchev–Trinajstić information content (AvgIpc) is 1.63. The first-order chi connectivity index (χ1) is 4.04. The van der Waals surface area contributed by atoms with Crippen molar-refractivity contribution in [2.75, 3.05) is 7.05 Å². The first-order valence-electron chi connectivity index (χ1n) is 2.50. The monoisotopic (exact) mass is 129 g/mol. The van der Waals surface area contributed by atoms with Gasteiger partial charge in [0.25, 0.3) is 5.91 Å². The molecule has 0 bridgehead atoms. The summed E-state index contributed by atoms with van der Waals surface area (Å²) in [7, 11) is 1.43. The van der Waals surface area contributed by atoms with Gasteiger partial charge in [0.2, 0.25) is 5.91 Å². The third-order valence-corrected chi connectivity index (χ3v) is 0.747. The third-order valence-electron chi connectivity index (χ3n) is 0.747. The Kier molecular flexibility index (Phi) is 2.70. The van der Waals surface area contributed by atoms with Crippen LogP contribution in [0.2, 0.25) is 0 Å². The lowest BCUT2D eigenvalue weighted by atomic mass is 10.7. The summed E-state index contributed by atoms with van der Waals surface area (Å²) in [5.41, 5.74) is 3.32. The number of hydrogen-bond donors (Lipinski definition) is 0. The lowest BCUT2D eigenvalue weighted by molar-refractivity contribution is -0.137. The summed E-state index contributed by atoms with van der Waals surface area (Å²) in [6.07, 6.45) is 0. The molecule has 0 atom stereocenters. The van der Waals surface area contributed by atoms with E-state index in [2.05, 4.69) is 5.43 Å². The number of rotatable bonds is 0. The molecule has 0 unspecified atom stereocenters. The van der Waals surface area contributed by atoms with Crippen molar-refractivity contribution in [3.8, 4) is 0 Å². The van der Waals surface area contributed by atoms with Gasteiger partial charge >= 0.3 is 0 Å². The van der Waals surface area contributed by atoms with Gasteiger partial charge < -0.3 is 0 Å². The van der Waals surface area contributed by atoms with Crippen LogP contribution in [0.15, 0.2) is 0 Å². The summed E-state index contributed by atoms with van der Waals surface area (Å²) in [4.78, 5) is 20.6. The van der Waals surface area contributed by atoms with Gasteiger partial charge in [-0.1, -0.05) is 0 Å². The number of hydrogen-bond acceptors (Lipinski definition) is 2. The Hall–Kier alpha value is -1.06. The lowest BCUT2D eigenvalue weighted by Crippen LogP contribution is -2.34. The van der Waals surface area contributed by atoms with Gasteiger partial charge in [-0.2, -0.15) is 0 Å². The topological polar surface area (TPSA) is 51.5 Å². The van der Waals surface area contributed by atoms with Gasteiger partial charge in [-0.15, -0.1) is 5.43 Å². The summed E-state index contributed by atoms with van der Waals surface area (Å²) in [6, 6.07) is 0. The van der Waals surface area contributed by atoms with Crippen LogP contribution in [0.4, 0.5) is 0 Å². The van der Waals surface area contributed by atoms with E-state index in [-0.39, 0.29) is 11.8 Å². The van der Waals surface area contributed by atoms with Crippen LogP contribution < -0.4 is 5.43 Å². The van der Waals surface area contributed by atoms with Crippen LogP contribution in [0.25, 0.3) is 0 Å². The van der Waals surface area contributed by atoms with E-state index in [1.165, 1.54) is 20.9 Å². The van der Waals surface area contributed by atoms with Crippen molar-refractivity contribution < 1.29 is 9.59 Å². The average molecular weight is 129 g/mol. The van der Waals surface area contributed by atoms with Crippen LogP contribution in [-0.4, -0.2) is 23.9 Å². The molecule has 0 aliphatic rings. The summed E-state index contributed by atoms with van der Waals surface area (Å²) in [5.74, 6) is -0.613. The van der Waals surface area contributed by atoms with Crippen molar-refractivity contribution in [2.24, 2.45) is 0 Å². The zero-order valence-corrected chi connectivity index (χ0v) is 5.71. The van der Waals surface area contributed by atoms with Crippen LogP contribution in [0.3, 0.4) is 0 Å². The van der Waals surface area contributed by atoms with E-state index in [9.17, 15) is 9.59 Å². The number of nitrogens with zero attached hydrogens (tertiary/aromatic N) is 2. The fraction of sp³-hybridized carbons (Fsp3) is 0.600. The van der Waals surface area contributed by atoms with E-state index < -0.39 is 0 Å². The Morgan fingerprint density at radius 1 is 1.33 bits per heavy atom. The maximum absolute atomic E-state index is 10.4. The van der Waals surface area contributed by atoms with Crippen LogP contribution >= 0.6 is 0 Å². The van der Waals surface area contributed by atoms with E-state index in [0.29, 0.717) is 0 Å². The van der Waals surface area contributed by atoms with Gasteiger partial charge in [0.05, 0.1) is 0 Å². The molecule has 51 valence electrons. The largest absolute Gasteiger partial charge is 0.273 e. The smallest absolute Gasteiger partial charge is 0.259 e. The van der Waals surface area contributed by atoms with Crippen LogP contribution in [0, 0.1) is 0 Å². The SMILES string of the molecule is CC(=O)[N]N(C)C(C)=O. The number of carbonyl (C=O) groups is 2. The first kappa shape index (κ1) is 7.94. The quantitative estimate of drug-likeness (QED) is 0.415. The van der Waals surface area contributed by atoms with E-state index in [1.807, 2.05) is 0 Å². The second-order valence-corrected chi connectivity index (χ2v) is 1.66. The minimum absolute atomic E-state index is 0.245. The molecule has 0 N–H and O–H groups in total. The first-order valence-corrected chi connectivity index (χ1v) is 2.50. The summed E-state index contributed by atoms with van der Waals surface area (Å²) in [5, 5.41) is 1.00. The molecule has 1 radical (unpaired) electrons. The molecule has 0 aromatic rings. The van der Waals surface area contributed by atoms with E-state index >= 15 is 0 Å². The second-order valence-electron chi connectivity index (χ2n) is 1.66. The van der Waals surface area contributed by atoms with Crippen molar-refractivity contribution >= 4 is 11.8 Å². The molecule has 0 heterocycles. The minimum atomic E-state index is -0.368. The van der Waals surface area contributed by atoms with Gasteiger partial charge in [-0.05, 0) is 0 Å². The molecule has 4 heteroatoms. The van der Waals surface area contributed by atoms with E-state index in [0.717, 1.165) is 5.01 Å². The highest BCUT2D eigenvalue weighted by molar-refractivity contribution is 5.78. The standard InChI is InChI=1S/C5H9N2O2/c1-4(8)6-7(3)5(2)9/h1-3H3. The molecule has 2 amide bonds. The van der Waals surface area contributed by atoms with Gasteiger partial charge in [0.15, 0.2) is 0 Å². The Morgan fingerprint density at radius 3 is 1.89 bits per heavy atom. The Labute approximate surface area is 53.8 Å². The van der Waals surface area contributed by atoms with Gasteiger partial charge in [0, 0.05) is 20.9 Å². The Morgan fingerprint density at radius 2 is 1.78 bits per heavy atom. The summed E-state index contributed by atoms with van der Waals surface area (Å²) < 4.78 is 0. The predicted molar refractivity (Wildman–Crippen MR) is 31.3 cm³/mol. The minimum Gasteiger partial charge on any atom is -0.273 e. The molecule has 0 rings (SSSR count). The van der Waals surface area contributed by atoms with E-state index in [4.69, 9.17) is 0 Å². The Balaban J connectivity index is 3.63. The lowest BCUT2D eigenvalue weighted by Gasteiger charge is -2.09. The molecule has 9 heavy (non-hydrogen) atoms. The van der Waals surface area contributed by atoms with Crippen LogP contribution in [0.1, 0.15) is 13.8 Å². The maximum Gasteiger partial charge on any atom is 0.259 e. The van der Waals surface area contributed by atoms with Gasteiger partial charge in [0.1, 0.15) is 0 Å². The van der Waals surface area contributed by atoms with Crippen molar-refractivity contribution in [1.29, 1.82) is 0 Å². The summed E-state index contributed by atoms with van der Waals surface area (Å²) >= 11 is 0. The summed E-state index contributed by atoms with van der Waals surface area (Å²) in [6.45, 7) is 2.63. The highest BCUT2D eigenvalue weighted by Gasteiger charge is 2.03. The molecule has 0 aromatic heterocycles. The molecule has 0 spiro atoms. The van der Waals surface area contributed by atoms with E-state index in [1.54, 1.807) is 0 Å². The maximum atomic E-state index is 10.4. The fourth-order valence-electron chi connectivity index (χ4n) is 0.282. The number of carbonyl (C=O) groups excluding carboxylic acids is 2. The highest BCUT2D eigenvalue weighted by Crippen LogP contribution is 1.77. The predicted octanol–water partition coefficient (Wildman–Crippen LogP) is -0.469. The van der Waals surface area contributed by atoms with Gasteiger partial charge in [-0.25, -0.2) is 5.01 Å². The molecule has 0 aliphatic heterocycles. The highest BCUT2D eigenvalue weighted by atomic mass is 16.2. The van der Waals surface area contributed by atoms with Crippen molar-refractivity contribution in [3.05, 3.63) is 0 Å². The molecule has 0 aromatic carbocycles. The van der Waals surface area contributed by atoms with Crippen molar-refractivity contribution in [3.63, 3.8) is 0 Å².